The predicted molar refractivity (Wildman–Crippen MR) is 60.5 cm³/mol. The molecule has 1 fully saturated rings. The van der Waals surface area contributed by atoms with Crippen molar-refractivity contribution >= 4 is 27.6 Å². The second-order valence-corrected chi connectivity index (χ2v) is 6.46. The Balaban J connectivity index is 2.99. The van der Waals surface area contributed by atoms with Gasteiger partial charge in [-0.3, -0.25) is 9.59 Å². The summed E-state index contributed by atoms with van der Waals surface area (Å²) in [5.74, 6) is -2.68. The number of carbonyl (C=O) groups is 3. The molecule has 0 aliphatic carbocycles. The smallest absolute Gasteiger partial charge is 0.328 e. The molecular weight excluding hydrogens is 264 g/mol. The van der Waals surface area contributed by atoms with Crippen LogP contribution in [0.25, 0.3) is 0 Å². The van der Waals surface area contributed by atoms with Crippen molar-refractivity contribution in [2.24, 2.45) is 0 Å². The fourth-order valence-corrected chi connectivity index (χ4v) is 2.01. The van der Waals surface area contributed by atoms with Crippen LogP contribution in [0.4, 0.5) is 0 Å². The number of hydrogen-bond acceptors (Lipinski definition) is 5. The summed E-state index contributed by atoms with van der Waals surface area (Å²) in [6, 6.07) is -1.24. The molecule has 102 valence electrons. The van der Waals surface area contributed by atoms with E-state index in [4.69, 9.17) is 5.11 Å². The van der Waals surface area contributed by atoms with Crippen LogP contribution >= 0.6 is 0 Å². The van der Waals surface area contributed by atoms with Crippen LogP contribution in [0, 0.1) is 0 Å². The largest absolute Gasteiger partial charge is 0.480 e. The Morgan fingerprint density at radius 3 is 2.50 bits per heavy atom. The van der Waals surface area contributed by atoms with Gasteiger partial charge in [0.2, 0.25) is 11.8 Å². The highest BCUT2D eigenvalue weighted by atomic mass is 32.2. The van der Waals surface area contributed by atoms with Crippen LogP contribution in [0.5, 0.6) is 0 Å². The summed E-state index contributed by atoms with van der Waals surface area (Å²) in [7, 11) is -3.63. The van der Waals surface area contributed by atoms with E-state index in [1.54, 1.807) is 0 Å². The predicted octanol–water partition coefficient (Wildman–Crippen LogP) is -2.17. The normalized spacial score (nSPS) is 22.2. The minimum Gasteiger partial charge on any atom is -0.480 e. The number of nitrogens with one attached hydrogen (secondary N) is 1. The molecule has 0 saturated carbocycles. The fourth-order valence-electron chi connectivity index (χ4n) is 1.51. The van der Waals surface area contributed by atoms with Gasteiger partial charge in [-0.05, 0) is 6.92 Å². The molecule has 2 atom stereocenters. The molecule has 18 heavy (non-hydrogen) atoms. The van der Waals surface area contributed by atoms with E-state index in [1.807, 2.05) is 0 Å². The molecule has 1 aliphatic heterocycles. The molecule has 9 heteroatoms. The van der Waals surface area contributed by atoms with Crippen molar-refractivity contribution in [3.8, 4) is 0 Å². The Morgan fingerprint density at radius 2 is 2.06 bits per heavy atom. The van der Waals surface area contributed by atoms with Crippen molar-refractivity contribution in [1.82, 2.24) is 10.2 Å². The lowest BCUT2D eigenvalue weighted by atomic mass is 10.1. The first kappa shape index (κ1) is 14.4. The van der Waals surface area contributed by atoms with Crippen LogP contribution in [-0.4, -0.2) is 66.8 Å². The third-order valence-electron chi connectivity index (χ3n) is 2.74. The molecule has 0 aromatic rings. The van der Waals surface area contributed by atoms with Gasteiger partial charge in [0, 0.05) is 12.8 Å². The molecule has 2 N–H and O–H groups in total. The summed E-state index contributed by atoms with van der Waals surface area (Å²) in [4.78, 5) is 34.8. The zero-order chi connectivity index (χ0) is 14.1. The van der Waals surface area contributed by atoms with E-state index in [2.05, 4.69) is 5.32 Å². The molecule has 0 bridgehead atoms. The van der Waals surface area contributed by atoms with Crippen molar-refractivity contribution in [2.45, 2.75) is 18.2 Å². The zero-order valence-corrected chi connectivity index (χ0v) is 10.7. The van der Waals surface area contributed by atoms with Crippen LogP contribution in [0.15, 0.2) is 0 Å². The molecule has 0 radical (unpaired) electrons. The van der Waals surface area contributed by atoms with Gasteiger partial charge in [0.15, 0.2) is 9.84 Å². The van der Waals surface area contributed by atoms with Gasteiger partial charge in [0.1, 0.15) is 17.8 Å². The lowest BCUT2D eigenvalue weighted by Gasteiger charge is -2.33. The van der Waals surface area contributed by atoms with Crippen LogP contribution in [0.3, 0.4) is 0 Å². The summed E-state index contributed by atoms with van der Waals surface area (Å²) in [5.41, 5.74) is 0. The minimum absolute atomic E-state index is 0.226. The van der Waals surface area contributed by atoms with Gasteiger partial charge >= 0.3 is 5.97 Å². The number of amides is 2. The third-order valence-corrected chi connectivity index (χ3v) is 4.23. The molecule has 1 saturated heterocycles. The third kappa shape index (κ3) is 2.97. The number of hydrogen-bond donors (Lipinski definition) is 2. The maximum atomic E-state index is 11.9. The standard InChI is InChI=1S/C9H14N2O6S/c1-5(18(2,16)17)8(13)11-4-7(12)10-3-6(11)9(14)15/h5-6H,3-4H2,1-2H3,(H,10,12)(H,14,15). The van der Waals surface area contributed by atoms with Crippen molar-refractivity contribution in [3.05, 3.63) is 0 Å². The number of sulfone groups is 1. The Kier molecular flexibility index (Phi) is 3.95. The van der Waals surface area contributed by atoms with Crippen LogP contribution in [0.1, 0.15) is 6.92 Å². The molecule has 1 heterocycles. The lowest BCUT2D eigenvalue weighted by Crippen LogP contribution is -2.61. The number of carboxylic acid groups (broad SMARTS) is 1. The average molecular weight is 278 g/mol. The average Bonchev–Trinajstić information content (AvgIpc) is 2.25. The SMILES string of the molecule is CC(C(=O)N1CC(=O)NCC1C(=O)O)S(C)(=O)=O. The van der Waals surface area contributed by atoms with E-state index in [1.165, 1.54) is 6.92 Å². The first-order valence-electron chi connectivity index (χ1n) is 5.13. The van der Waals surface area contributed by atoms with E-state index in [0.717, 1.165) is 11.2 Å². The summed E-state index contributed by atoms with van der Waals surface area (Å²) in [6.45, 7) is 0.495. The second-order valence-electron chi connectivity index (χ2n) is 4.10. The Bertz CT molecular complexity index is 485. The fraction of sp³-hybridized carbons (Fsp3) is 0.667. The number of nitrogens with zero attached hydrogens (tertiary/aromatic N) is 1. The molecule has 0 aromatic carbocycles. The highest BCUT2D eigenvalue weighted by Crippen LogP contribution is 2.11. The molecule has 8 nitrogen and oxygen atoms in total. The minimum atomic E-state index is -3.63. The van der Waals surface area contributed by atoms with E-state index in [0.29, 0.717) is 0 Å². The van der Waals surface area contributed by atoms with E-state index in [-0.39, 0.29) is 6.54 Å². The maximum Gasteiger partial charge on any atom is 0.328 e. The maximum absolute atomic E-state index is 11.9. The number of rotatable bonds is 3. The second kappa shape index (κ2) is 4.92. The molecule has 1 rings (SSSR count). The van der Waals surface area contributed by atoms with Gasteiger partial charge in [-0.2, -0.15) is 0 Å². The molecule has 0 spiro atoms. The highest BCUT2D eigenvalue weighted by Gasteiger charge is 2.39. The van der Waals surface area contributed by atoms with Gasteiger partial charge in [0.05, 0.1) is 0 Å². The van der Waals surface area contributed by atoms with Gasteiger partial charge in [-0.1, -0.05) is 0 Å². The number of aliphatic carboxylic acids is 1. The van der Waals surface area contributed by atoms with Gasteiger partial charge in [-0.25, -0.2) is 13.2 Å². The van der Waals surface area contributed by atoms with Crippen molar-refractivity contribution < 1.29 is 27.9 Å². The van der Waals surface area contributed by atoms with Crippen molar-refractivity contribution in [1.29, 1.82) is 0 Å². The van der Waals surface area contributed by atoms with E-state index in [9.17, 15) is 22.8 Å². The monoisotopic (exact) mass is 278 g/mol. The summed E-state index contributed by atoms with van der Waals surface area (Å²) in [6.07, 6.45) is 0.884. The van der Waals surface area contributed by atoms with Crippen LogP contribution < -0.4 is 5.32 Å². The first-order chi connectivity index (χ1) is 8.14. The Morgan fingerprint density at radius 1 is 1.50 bits per heavy atom. The quantitative estimate of drug-likeness (QED) is 0.606. The summed E-state index contributed by atoms with van der Waals surface area (Å²) in [5, 5.41) is 9.88. The van der Waals surface area contributed by atoms with E-state index >= 15 is 0 Å². The molecular formula is C9H14N2O6S. The Hall–Kier alpha value is -1.64. The Labute approximate surface area is 104 Å². The molecule has 2 amide bonds. The van der Waals surface area contributed by atoms with Crippen molar-refractivity contribution in [2.75, 3.05) is 19.3 Å². The summed E-state index contributed by atoms with van der Waals surface area (Å²) >= 11 is 0. The number of piperazine rings is 1. The van der Waals surface area contributed by atoms with Gasteiger partial charge in [0.25, 0.3) is 0 Å². The molecule has 2 unspecified atom stereocenters. The molecule has 0 aromatic heterocycles. The molecule has 1 aliphatic rings. The van der Waals surface area contributed by atoms with Crippen molar-refractivity contribution in [3.63, 3.8) is 0 Å². The number of carbonyl (C=O) groups excluding carboxylic acids is 2. The summed E-state index contributed by atoms with van der Waals surface area (Å²) < 4.78 is 22.6. The van der Waals surface area contributed by atoms with Gasteiger partial charge < -0.3 is 15.3 Å². The van der Waals surface area contributed by atoms with Crippen LogP contribution in [0.2, 0.25) is 0 Å². The van der Waals surface area contributed by atoms with Gasteiger partial charge in [-0.15, -0.1) is 0 Å². The zero-order valence-electron chi connectivity index (χ0n) is 9.91. The topological polar surface area (TPSA) is 121 Å². The first-order valence-corrected chi connectivity index (χ1v) is 7.09. The number of carboxylic acids is 1. The highest BCUT2D eigenvalue weighted by molar-refractivity contribution is 7.92. The lowest BCUT2D eigenvalue weighted by molar-refractivity contribution is -0.153. The van der Waals surface area contributed by atoms with Crippen LogP contribution in [-0.2, 0) is 24.2 Å². The van der Waals surface area contributed by atoms with E-state index < -0.39 is 45.5 Å².